The number of carbonyl (C=O) groups excluding carboxylic acids is 1. The molecule has 0 aliphatic heterocycles. The maximum atomic E-state index is 10.7. The summed E-state index contributed by atoms with van der Waals surface area (Å²) < 4.78 is 5.20. The van der Waals surface area contributed by atoms with Crippen LogP contribution in [0.4, 0.5) is 5.69 Å². The molecule has 0 spiro atoms. The minimum absolute atomic E-state index is 0.105. The van der Waals surface area contributed by atoms with E-state index in [-0.39, 0.29) is 12.6 Å². The molecule has 0 fully saturated rings. The molecule has 0 bridgehead atoms. The third kappa shape index (κ3) is 3.18. The molecule has 0 aromatic heterocycles. The number of rotatable bonds is 4. The number of ether oxygens (including phenoxy) is 1. The summed E-state index contributed by atoms with van der Waals surface area (Å²) in [6.45, 7) is 3.42. The molecule has 1 amide bonds. The van der Waals surface area contributed by atoms with Gasteiger partial charge in [0.25, 0.3) is 0 Å². The van der Waals surface area contributed by atoms with Gasteiger partial charge >= 0.3 is 0 Å². The van der Waals surface area contributed by atoms with Gasteiger partial charge in [-0.1, -0.05) is 12.6 Å². The van der Waals surface area contributed by atoms with E-state index < -0.39 is 0 Å². The number of amides is 1. The molecule has 3 N–H and O–H groups in total. The maximum Gasteiger partial charge on any atom is 0.245 e. The van der Waals surface area contributed by atoms with E-state index in [1.165, 1.54) is 6.08 Å². The van der Waals surface area contributed by atoms with Gasteiger partial charge in [-0.3, -0.25) is 4.79 Å². The van der Waals surface area contributed by atoms with Gasteiger partial charge < -0.3 is 15.8 Å². The van der Waals surface area contributed by atoms with Crippen molar-refractivity contribution in [3.63, 3.8) is 0 Å². The predicted molar refractivity (Wildman–Crippen MR) is 54.7 cm³/mol. The van der Waals surface area contributed by atoms with Gasteiger partial charge in [0.2, 0.25) is 5.91 Å². The quantitative estimate of drug-likeness (QED) is 0.423. The minimum atomic E-state index is -0.270. The fraction of sp³-hybridized carbons (Fsp3) is 0.100. The van der Waals surface area contributed by atoms with Gasteiger partial charge in [0.05, 0.1) is 0 Å². The van der Waals surface area contributed by atoms with Crippen LogP contribution in [0, 0.1) is 0 Å². The molecule has 74 valence electrons. The molecule has 4 nitrogen and oxygen atoms in total. The molecule has 0 saturated heterocycles. The van der Waals surface area contributed by atoms with Crippen molar-refractivity contribution in [3.05, 3.63) is 36.9 Å². The fourth-order valence-corrected chi connectivity index (χ4v) is 0.867. The largest absolute Gasteiger partial charge is 0.473 e. The van der Waals surface area contributed by atoms with Crippen molar-refractivity contribution >= 4 is 11.6 Å². The molecule has 1 aromatic carbocycles. The fourth-order valence-electron chi connectivity index (χ4n) is 0.867. The molecule has 14 heavy (non-hydrogen) atoms. The summed E-state index contributed by atoms with van der Waals surface area (Å²) in [5.74, 6) is 0.350. The summed E-state index contributed by atoms with van der Waals surface area (Å²) in [7, 11) is 0. The molecule has 4 heteroatoms. The maximum absolute atomic E-state index is 10.7. The number of anilines is 1. The second-order valence-electron chi connectivity index (χ2n) is 2.61. The summed E-state index contributed by atoms with van der Waals surface area (Å²) in [4.78, 5) is 10.7. The van der Waals surface area contributed by atoms with Crippen molar-refractivity contribution in [1.29, 1.82) is 0 Å². The van der Waals surface area contributed by atoms with Crippen LogP contribution in [0.3, 0.4) is 0 Å². The zero-order valence-corrected chi connectivity index (χ0v) is 7.69. The van der Waals surface area contributed by atoms with Gasteiger partial charge in [0.1, 0.15) is 5.75 Å². The highest BCUT2D eigenvalue weighted by molar-refractivity contribution is 5.86. The van der Waals surface area contributed by atoms with Gasteiger partial charge in [-0.05, 0) is 18.2 Å². The standard InChI is InChI=1S/C10H12N2O2/c1-2-10(13)12-7-14-9-5-3-4-8(11)6-9/h2-6H,1,7,11H2,(H,12,13). The Bertz CT molecular complexity index is 337. The second kappa shape index (κ2) is 4.91. The first-order valence-corrected chi connectivity index (χ1v) is 4.11. The summed E-state index contributed by atoms with van der Waals surface area (Å²) in [5.41, 5.74) is 6.16. The van der Waals surface area contributed by atoms with E-state index in [9.17, 15) is 4.79 Å². The third-order valence-corrected chi connectivity index (χ3v) is 1.53. The van der Waals surface area contributed by atoms with E-state index in [0.29, 0.717) is 11.4 Å². The Morgan fingerprint density at radius 1 is 1.64 bits per heavy atom. The topological polar surface area (TPSA) is 64.3 Å². The van der Waals surface area contributed by atoms with Crippen LogP contribution in [0.5, 0.6) is 5.75 Å². The first kappa shape index (κ1) is 10.1. The van der Waals surface area contributed by atoms with E-state index >= 15 is 0 Å². The van der Waals surface area contributed by atoms with Crippen molar-refractivity contribution in [2.75, 3.05) is 12.5 Å². The van der Waals surface area contributed by atoms with E-state index in [0.717, 1.165) is 0 Å². The van der Waals surface area contributed by atoms with E-state index in [2.05, 4.69) is 11.9 Å². The Hall–Kier alpha value is -1.97. The first-order chi connectivity index (χ1) is 6.72. The molecule has 0 radical (unpaired) electrons. The van der Waals surface area contributed by atoms with E-state index in [4.69, 9.17) is 10.5 Å². The molecule has 1 aromatic rings. The lowest BCUT2D eigenvalue weighted by Crippen LogP contribution is -2.25. The Morgan fingerprint density at radius 2 is 2.43 bits per heavy atom. The van der Waals surface area contributed by atoms with Gasteiger partial charge in [-0.2, -0.15) is 0 Å². The number of nitrogens with two attached hydrogens (primary N) is 1. The van der Waals surface area contributed by atoms with Crippen molar-refractivity contribution in [1.82, 2.24) is 5.32 Å². The Kier molecular flexibility index (Phi) is 3.55. The van der Waals surface area contributed by atoms with Crippen LogP contribution in [0.15, 0.2) is 36.9 Å². The number of hydrogen-bond donors (Lipinski definition) is 2. The normalized spacial score (nSPS) is 9.14. The summed E-state index contributed by atoms with van der Waals surface area (Å²) in [6.07, 6.45) is 1.18. The lowest BCUT2D eigenvalue weighted by Gasteiger charge is -2.06. The van der Waals surface area contributed by atoms with Crippen LogP contribution < -0.4 is 15.8 Å². The average Bonchev–Trinajstić information content (AvgIpc) is 2.17. The van der Waals surface area contributed by atoms with E-state index in [1.807, 2.05) is 0 Å². The first-order valence-electron chi connectivity index (χ1n) is 4.11. The van der Waals surface area contributed by atoms with Crippen LogP contribution in [0.25, 0.3) is 0 Å². The SMILES string of the molecule is C=CC(=O)NCOc1cccc(N)c1. The Labute approximate surface area is 82.4 Å². The molecule has 0 heterocycles. The Balaban J connectivity index is 2.38. The van der Waals surface area contributed by atoms with Crippen molar-refractivity contribution in [3.8, 4) is 5.75 Å². The third-order valence-electron chi connectivity index (χ3n) is 1.53. The van der Waals surface area contributed by atoms with Crippen LogP contribution in [-0.2, 0) is 4.79 Å². The van der Waals surface area contributed by atoms with Crippen LogP contribution in [-0.4, -0.2) is 12.6 Å². The van der Waals surface area contributed by atoms with Gasteiger partial charge in [-0.15, -0.1) is 0 Å². The molecular weight excluding hydrogens is 180 g/mol. The van der Waals surface area contributed by atoms with Gasteiger partial charge in [0.15, 0.2) is 6.73 Å². The molecule has 0 saturated carbocycles. The summed E-state index contributed by atoms with van der Waals surface area (Å²) in [5, 5.41) is 2.48. The minimum Gasteiger partial charge on any atom is -0.473 e. The van der Waals surface area contributed by atoms with Crippen LogP contribution in [0.2, 0.25) is 0 Å². The molecule has 1 rings (SSSR count). The van der Waals surface area contributed by atoms with Crippen molar-refractivity contribution in [2.24, 2.45) is 0 Å². The van der Waals surface area contributed by atoms with Crippen molar-refractivity contribution in [2.45, 2.75) is 0 Å². The Morgan fingerprint density at radius 3 is 3.07 bits per heavy atom. The van der Waals surface area contributed by atoms with E-state index in [1.54, 1.807) is 24.3 Å². The summed E-state index contributed by atoms with van der Waals surface area (Å²) >= 11 is 0. The monoisotopic (exact) mass is 192 g/mol. The molecular formula is C10H12N2O2. The van der Waals surface area contributed by atoms with Gasteiger partial charge in [0, 0.05) is 11.8 Å². The molecule has 0 aliphatic carbocycles. The molecule has 0 atom stereocenters. The lowest BCUT2D eigenvalue weighted by molar-refractivity contribution is -0.117. The number of carbonyl (C=O) groups is 1. The highest BCUT2D eigenvalue weighted by Crippen LogP contribution is 2.13. The van der Waals surface area contributed by atoms with Crippen LogP contribution in [0.1, 0.15) is 0 Å². The summed E-state index contributed by atoms with van der Waals surface area (Å²) in [6, 6.07) is 6.98. The zero-order chi connectivity index (χ0) is 10.4. The molecule has 0 aliphatic rings. The molecule has 0 unspecified atom stereocenters. The predicted octanol–water partition coefficient (Wildman–Crippen LogP) is 0.907. The number of benzene rings is 1. The smallest absolute Gasteiger partial charge is 0.245 e. The zero-order valence-electron chi connectivity index (χ0n) is 7.69. The highest BCUT2D eigenvalue weighted by atomic mass is 16.5. The lowest BCUT2D eigenvalue weighted by atomic mass is 10.3. The number of hydrogen-bond acceptors (Lipinski definition) is 3. The van der Waals surface area contributed by atoms with Crippen LogP contribution >= 0.6 is 0 Å². The van der Waals surface area contributed by atoms with Crippen molar-refractivity contribution < 1.29 is 9.53 Å². The average molecular weight is 192 g/mol. The van der Waals surface area contributed by atoms with Gasteiger partial charge in [-0.25, -0.2) is 0 Å². The number of nitrogens with one attached hydrogen (secondary N) is 1. The number of nitrogen functional groups attached to an aromatic ring is 1. The second-order valence-corrected chi connectivity index (χ2v) is 2.61. The highest BCUT2D eigenvalue weighted by Gasteiger charge is 1.95.